The van der Waals surface area contributed by atoms with Crippen molar-refractivity contribution < 1.29 is 4.79 Å². The van der Waals surface area contributed by atoms with Crippen LogP contribution < -0.4 is 10.6 Å². The fraction of sp³-hybridized carbons (Fsp3) is 0.500. The maximum atomic E-state index is 11.6. The van der Waals surface area contributed by atoms with Crippen LogP contribution in [-0.2, 0) is 11.2 Å². The molecule has 1 aromatic carbocycles. The Kier molecular flexibility index (Phi) is 9.33. The zero-order valence-electron chi connectivity index (χ0n) is 11.2. The normalized spacial score (nSPS) is 9.67. The smallest absolute Gasteiger partial charge is 0.220 e. The van der Waals surface area contributed by atoms with Crippen molar-refractivity contribution in [3.8, 4) is 0 Å². The summed E-state index contributed by atoms with van der Waals surface area (Å²) >= 11 is 0. The van der Waals surface area contributed by atoms with Crippen molar-refractivity contribution in [2.45, 2.75) is 26.7 Å². The van der Waals surface area contributed by atoms with Gasteiger partial charge in [-0.05, 0) is 31.0 Å². The molecule has 1 rings (SSSR count). The molecule has 0 bridgehead atoms. The van der Waals surface area contributed by atoms with Crippen molar-refractivity contribution in [3.63, 3.8) is 0 Å². The molecular weight excluding hydrogens is 248 g/mol. The molecule has 0 aliphatic carbocycles. The van der Waals surface area contributed by atoms with Gasteiger partial charge in [-0.15, -0.1) is 12.4 Å². The fourth-order valence-corrected chi connectivity index (χ4v) is 1.69. The Morgan fingerprint density at radius 2 is 1.94 bits per heavy atom. The largest absolute Gasteiger partial charge is 0.355 e. The van der Waals surface area contributed by atoms with Crippen molar-refractivity contribution in [2.75, 3.05) is 19.6 Å². The molecule has 0 aliphatic heterocycles. The van der Waals surface area contributed by atoms with E-state index in [1.807, 2.05) is 12.1 Å². The van der Waals surface area contributed by atoms with E-state index >= 15 is 0 Å². The molecule has 2 N–H and O–H groups in total. The van der Waals surface area contributed by atoms with Gasteiger partial charge in [0.2, 0.25) is 5.91 Å². The molecule has 1 aromatic rings. The molecule has 102 valence electrons. The van der Waals surface area contributed by atoms with Crippen LogP contribution in [0.2, 0.25) is 0 Å². The van der Waals surface area contributed by atoms with Crippen LogP contribution in [0, 0.1) is 6.92 Å². The first-order valence-corrected chi connectivity index (χ1v) is 6.26. The molecule has 0 spiro atoms. The van der Waals surface area contributed by atoms with E-state index in [1.165, 1.54) is 11.1 Å². The lowest BCUT2D eigenvalue weighted by atomic mass is 10.0. The lowest BCUT2D eigenvalue weighted by Crippen LogP contribution is -2.31. The van der Waals surface area contributed by atoms with E-state index in [1.54, 1.807) is 0 Å². The van der Waals surface area contributed by atoms with E-state index in [2.05, 4.69) is 36.6 Å². The summed E-state index contributed by atoms with van der Waals surface area (Å²) in [5.74, 6) is 0.131. The first-order chi connectivity index (χ1) is 8.24. The van der Waals surface area contributed by atoms with Gasteiger partial charge in [0.05, 0.1) is 0 Å². The van der Waals surface area contributed by atoms with E-state index in [0.29, 0.717) is 13.0 Å². The van der Waals surface area contributed by atoms with Gasteiger partial charge in [0, 0.05) is 19.5 Å². The van der Waals surface area contributed by atoms with Gasteiger partial charge in [-0.2, -0.15) is 0 Å². The van der Waals surface area contributed by atoms with E-state index in [9.17, 15) is 4.79 Å². The molecule has 0 radical (unpaired) electrons. The highest BCUT2D eigenvalue weighted by atomic mass is 35.5. The Balaban J connectivity index is 0.00000289. The third-order valence-electron chi connectivity index (χ3n) is 2.76. The Hall–Kier alpha value is -1.06. The van der Waals surface area contributed by atoms with Crippen molar-refractivity contribution in [1.29, 1.82) is 0 Å². The molecular formula is C14H23ClN2O. The minimum absolute atomic E-state index is 0. The first kappa shape index (κ1) is 16.9. The van der Waals surface area contributed by atoms with Crippen molar-refractivity contribution in [2.24, 2.45) is 0 Å². The van der Waals surface area contributed by atoms with E-state index < -0.39 is 0 Å². The second kappa shape index (κ2) is 9.92. The molecule has 0 heterocycles. The summed E-state index contributed by atoms with van der Waals surface area (Å²) in [7, 11) is 0. The highest BCUT2D eigenvalue weighted by Gasteiger charge is 2.02. The number of carbonyl (C=O) groups is 1. The predicted octanol–water partition coefficient (Wildman–Crippen LogP) is 2.08. The van der Waals surface area contributed by atoms with Crippen LogP contribution in [0.4, 0.5) is 0 Å². The zero-order valence-corrected chi connectivity index (χ0v) is 12.0. The second-order valence-electron chi connectivity index (χ2n) is 4.13. The summed E-state index contributed by atoms with van der Waals surface area (Å²) in [5.41, 5.74) is 2.52. The third kappa shape index (κ3) is 6.62. The molecule has 3 nitrogen and oxygen atoms in total. The second-order valence-corrected chi connectivity index (χ2v) is 4.13. The predicted molar refractivity (Wildman–Crippen MR) is 78.3 cm³/mol. The Bertz CT molecular complexity index is 355. The molecule has 0 aliphatic rings. The van der Waals surface area contributed by atoms with Gasteiger partial charge in [-0.3, -0.25) is 4.79 Å². The molecule has 0 saturated carbocycles. The summed E-state index contributed by atoms with van der Waals surface area (Å²) in [6.45, 7) is 6.63. The molecule has 0 aromatic heterocycles. The highest BCUT2D eigenvalue weighted by Crippen LogP contribution is 2.09. The standard InChI is InChI=1S/C14H22N2O.ClH/c1-3-15-10-11-16-14(17)9-8-13-7-5-4-6-12(13)2;/h4-7,15H,3,8-11H2,1-2H3,(H,16,17);1H. The van der Waals surface area contributed by atoms with Crippen LogP contribution in [0.15, 0.2) is 24.3 Å². The van der Waals surface area contributed by atoms with Crippen LogP contribution in [-0.4, -0.2) is 25.5 Å². The third-order valence-corrected chi connectivity index (χ3v) is 2.76. The number of rotatable bonds is 7. The average Bonchev–Trinajstić information content (AvgIpc) is 2.34. The maximum Gasteiger partial charge on any atom is 0.220 e. The quantitative estimate of drug-likeness (QED) is 0.745. The molecule has 0 unspecified atom stereocenters. The number of amides is 1. The maximum absolute atomic E-state index is 11.6. The SMILES string of the molecule is CCNCCNC(=O)CCc1ccccc1C.Cl. The van der Waals surface area contributed by atoms with E-state index in [-0.39, 0.29) is 18.3 Å². The highest BCUT2D eigenvalue weighted by molar-refractivity contribution is 5.85. The van der Waals surface area contributed by atoms with Crippen LogP contribution in [0.25, 0.3) is 0 Å². The number of likely N-dealkylation sites (N-methyl/N-ethyl adjacent to an activating group) is 1. The van der Waals surface area contributed by atoms with Gasteiger partial charge in [0.1, 0.15) is 0 Å². The molecule has 0 atom stereocenters. The monoisotopic (exact) mass is 270 g/mol. The van der Waals surface area contributed by atoms with Gasteiger partial charge < -0.3 is 10.6 Å². The molecule has 0 fully saturated rings. The number of aryl methyl sites for hydroxylation is 2. The van der Waals surface area contributed by atoms with Crippen LogP contribution in [0.5, 0.6) is 0 Å². The summed E-state index contributed by atoms with van der Waals surface area (Å²) in [6, 6.07) is 8.21. The van der Waals surface area contributed by atoms with Gasteiger partial charge in [0.15, 0.2) is 0 Å². The number of benzene rings is 1. The number of hydrogen-bond acceptors (Lipinski definition) is 2. The Morgan fingerprint density at radius 3 is 2.61 bits per heavy atom. The molecule has 4 heteroatoms. The first-order valence-electron chi connectivity index (χ1n) is 6.26. The van der Waals surface area contributed by atoms with Gasteiger partial charge in [0.25, 0.3) is 0 Å². The minimum atomic E-state index is 0. The summed E-state index contributed by atoms with van der Waals surface area (Å²) in [5, 5.41) is 6.08. The van der Waals surface area contributed by atoms with E-state index in [0.717, 1.165) is 19.5 Å². The van der Waals surface area contributed by atoms with Crippen molar-refractivity contribution >= 4 is 18.3 Å². The zero-order chi connectivity index (χ0) is 12.5. The molecule has 0 saturated heterocycles. The lowest BCUT2D eigenvalue weighted by Gasteiger charge is -2.07. The minimum Gasteiger partial charge on any atom is -0.355 e. The topological polar surface area (TPSA) is 41.1 Å². The average molecular weight is 271 g/mol. The van der Waals surface area contributed by atoms with Crippen molar-refractivity contribution in [3.05, 3.63) is 35.4 Å². The van der Waals surface area contributed by atoms with Gasteiger partial charge in [-0.25, -0.2) is 0 Å². The molecule has 1 amide bonds. The van der Waals surface area contributed by atoms with Gasteiger partial charge >= 0.3 is 0 Å². The Labute approximate surface area is 116 Å². The van der Waals surface area contributed by atoms with Crippen molar-refractivity contribution in [1.82, 2.24) is 10.6 Å². The van der Waals surface area contributed by atoms with Crippen LogP contribution in [0.3, 0.4) is 0 Å². The fourth-order valence-electron chi connectivity index (χ4n) is 1.69. The summed E-state index contributed by atoms with van der Waals surface area (Å²) in [4.78, 5) is 11.6. The lowest BCUT2D eigenvalue weighted by molar-refractivity contribution is -0.121. The number of halogens is 1. The van der Waals surface area contributed by atoms with Crippen LogP contribution in [0.1, 0.15) is 24.5 Å². The summed E-state index contributed by atoms with van der Waals surface area (Å²) in [6.07, 6.45) is 1.39. The summed E-state index contributed by atoms with van der Waals surface area (Å²) < 4.78 is 0. The molecule has 18 heavy (non-hydrogen) atoms. The number of carbonyl (C=O) groups excluding carboxylic acids is 1. The Morgan fingerprint density at radius 1 is 1.22 bits per heavy atom. The van der Waals surface area contributed by atoms with E-state index in [4.69, 9.17) is 0 Å². The van der Waals surface area contributed by atoms with Gasteiger partial charge in [-0.1, -0.05) is 31.2 Å². The number of hydrogen-bond donors (Lipinski definition) is 2. The van der Waals surface area contributed by atoms with Crippen LogP contribution >= 0.6 is 12.4 Å². The number of nitrogens with one attached hydrogen (secondary N) is 2.